The molecule has 3 rings (SSSR count). The monoisotopic (exact) mass is 430 g/mol. The Morgan fingerprint density at radius 1 is 1.19 bits per heavy atom. The summed E-state index contributed by atoms with van der Waals surface area (Å²) in [5, 5.41) is 5.96. The average Bonchev–Trinajstić information content (AvgIpc) is 2.78. The van der Waals surface area contributed by atoms with Gasteiger partial charge in [0.05, 0.1) is 26.8 Å². The van der Waals surface area contributed by atoms with Gasteiger partial charge in [-0.1, -0.05) is 25.1 Å². The Morgan fingerprint density at radius 3 is 2.55 bits per heavy atom. The molecule has 7 heteroatoms. The number of nitrogens with one attached hydrogen (secondary N) is 3. The first kappa shape index (κ1) is 22.9. The number of amides is 2. The van der Waals surface area contributed by atoms with E-state index in [2.05, 4.69) is 17.6 Å². The van der Waals surface area contributed by atoms with Crippen LogP contribution in [0.1, 0.15) is 43.0 Å². The maximum absolute atomic E-state index is 14.4. The molecule has 0 saturated carbocycles. The summed E-state index contributed by atoms with van der Waals surface area (Å²) in [6.45, 7) is 5.88. The number of carbonyl (C=O) groups is 1. The maximum Gasteiger partial charge on any atom is 0.315 e. The van der Waals surface area contributed by atoms with E-state index >= 15 is 0 Å². The Balaban J connectivity index is 2.03. The van der Waals surface area contributed by atoms with Crippen LogP contribution < -0.4 is 25.0 Å². The third-order valence-corrected chi connectivity index (χ3v) is 6.01. The van der Waals surface area contributed by atoms with Crippen LogP contribution in [0.3, 0.4) is 0 Å². The second kappa shape index (κ2) is 10.5. The fraction of sp³-hybridized carbons (Fsp3) is 0.458. The van der Waals surface area contributed by atoms with Gasteiger partial charge in [0.25, 0.3) is 0 Å². The van der Waals surface area contributed by atoms with Crippen LogP contribution >= 0.6 is 0 Å². The van der Waals surface area contributed by atoms with Gasteiger partial charge in [-0.3, -0.25) is 0 Å². The largest absolute Gasteiger partial charge is 0.493 e. The lowest BCUT2D eigenvalue weighted by Crippen LogP contribution is -3.13. The number of quaternary nitrogens is 1. The topological polar surface area (TPSA) is 64.0 Å². The molecule has 2 aromatic rings. The number of urea groups is 1. The van der Waals surface area contributed by atoms with Crippen LogP contribution in [0.25, 0.3) is 0 Å². The Labute approximate surface area is 183 Å². The highest BCUT2D eigenvalue weighted by Gasteiger charge is 2.38. The van der Waals surface area contributed by atoms with Crippen molar-refractivity contribution < 1.29 is 23.6 Å². The number of methoxy groups -OCH3 is 2. The molecule has 2 aromatic carbocycles. The van der Waals surface area contributed by atoms with Crippen LogP contribution in [-0.2, 0) is 13.0 Å². The van der Waals surface area contributed by atoms with E-state index < -0.39 is 0 Å². The second-order valence-corrected chi connectivity index (χ2v) is 7.83. The molecular formula is C24H33FN3O3+. The van der Waals surface area contributed by atoms with Gasteiger partial charge in [-0.2, -0.15) is 0 Å². The van der Waals surface area contributed by atoms with Gasteiger partial charge in [0.1, 0.15) is 18.4 Å². The zero-order chi connectivity index (χ0) is 22.4. The van der Waals surface area contributed by atoms with Crippen LogP contribution in [0.15, 0.2) is 36.4 Å². The van der Waals surface area contributed by atoms with E-state index in [0.717, 1.165) is 24.9 Å². The first-order valence-electron chi connectivity index (χ1n) is 10.9. The number of benzene rings is 2. The summed E-state index contributed by atoms with van der Waals surface area (Å²) >= 11 is 0. The summed E-state index contributed by atoms with van der Waals surface area (Å²) < 4.78 is 25.5. The first-order chi connectivity index (χ1) is 15.0. The molecule has 1 unspecified atom stereocenters. The molecule has 0 aromatic heterocycles. The number of carbonyl (C=O) groups excluding carboxylic acids is 1. The quantitative estimate of drug-likeness (QED) is 0.603. The molecule has 0 aliphatic carbocycles. The molecule has 31 heavy (non-hydrogen) atoms. The van der Waals surface area contributed by atoms with Gasteiger partial charge in [-0.25, -0.2) is 9.18 Å². The van der Waals surface area contributed by atoms with Gasteiger partial charge in [0.2, 0.25) is 0 Å². The van der Waals surface area contributed by atoms with Crippen molar-refractivity contribution in [3.8, 4) is 11.5 Å². The van der Waals surface area contributed by atoms with Crippen molar-refractivity contribution in [3.63, 3.8) is 0 Å². The van der Waals surface area contributed by atoms with E-state index in [-0.39, 0.29) is 23.9 Å². The average molecular weight is 431 g/mol. The van der Waals surface area contributed by atoms with Crippen LogP contribution in [0, 0.1) is 5.82 Å². The number of ether oxygens (including phenoxy) is 2. The van der Waals surface area contributed by atoms with E-state index in [1.54, 1.807) is 20.3 Å². The molecule has 3 atom stereocenters. The summed E-state index contributed by atoms with van der Waals surface area (Å²) in [7, 11) is 3.25. The predicted octanol–water partition coefficient (Wildman–Crippen LogP) is 2.62. The summed E-state index contributed by atoms with van der Waals surface area (Å²) in [6, 6.07) is 10.6. The lowest BCUT2D eigenvalue weighted by atomic mass is 9.86. The van der Waals surface area contributed by atoms with Gasteiger partial charge < -0.3 is 25.0 Å². The summed E-state index contributed by atoms with van der Waals surface area (Å²) in [5.41, 5.74) is 2.97. The van der Waals surface area contributed by atoms with Crippen molar-refractivity contribution in [2.24, 2.45) is 0 Å². The maximum atomic E-state index is 14.4. The molecule has 1 heterocycles. The molecule has 0 bridgehead atoms. The van der Waals surface area contributed by atoms with Crippen LogP contribution in [0.2, 0.25) is 0 Å². The summed E-state index contributed by atoms with van der Waals surface area (Å²) in [5.74, 6) is 1.16. The minimum Gasteiger partial charge on any atom is -0.493 e. The Kier molecular flexibility index (Phi) is 7.74. The van der Waals surface area contributed by atoms with Gasteiger partial charge in [-0.15, -0.1) is 0 Å². The molecule has 0 radical (unpaired) electrons. The normalized spacial score (nSPS) is 18.6. The van der Waals surface area contributed by atoms with E-state index in [4.69, 9.17) is 9.47 Å². The molecule has 2 amide bonds. The van der Waals surface area contributed by atoms with Crippen molar-refractivity contribution in [2.45, 2.75) is 45.3 Å². The third-order valence-electron chi connectivity index (χ3n) is 6.01. The minimum atomic E-state index is -0.198. The van der Waals surface area contributed by atoms with Crippen molar-refractivity contribution in [1.82, 2.24) is 10.6 Å². The van der Waals surface area contributed by atoms with Gasteiger partial charge >= 0.3 is 6.03 Å². The number of hydrogen-bond acceptors (Lipinski definition) is 3. The van der Waals surface area contributed by atoms with Crippen LogP contribution in [-0.4, -0.2) is 39.4 Å². The van der Waals surface area contributed by atoms with Crippen LogP contribution in [0.5, 0.6) is 11.5 Å². The molecule has 1 aliphatic rings. The first-order valence-corrected chi connectivity index (χ1v) is 10.9. The molecule has 1 aliphatic heterocycles. The summed E-state index contributed by atoms with van der Waals surface area (Å²) in [4.78, 5) is 13.6. The zero-order valence-electron chi connectivity index (χ0n) is 18.8. The summed E-state index contributed by atoms with van der Waals surface area (Å²) in [6.07, 6.45) is 1.59. The van der Waals surface area contributed by atoms with Gasteiger partial charge in [0, 0.05) is 24.1 Å². The van der Waals surface area contributed by atoms with Crippen molar-refractivity contribution in [1.29, 1.82) is 0 Å². The highest BCUT2D eigenvalue weighted by Crippen LogP contribution is 2.35. The molecular weight excluding hydrogens is 397 g/mol. The Morgan fingerprint density at radius 2 is 1.90 bits per heavy atom. The smallest absolute Gasteiger partial charge is 0.315 e. The molecule has 0 spiro atoms. The lowest BCUT2D eigenvalue weighted by Gasteiger charge is -2.39. The fourth-order valence-electron chi connectivity index (χ4n) is 4.50. The number of hydrogen-bond donors (Lipinski definition) is 3. The SMILES string of the molecule is CCNC(=O)N[C@H](CC)[C@H]1c2cc(OC)c(OC)cc2CC[NH+]1Cc1ccccc1F. The van der Waals surface area contributed by atoms with E-state index in [0.29, 0.717) is 30.2 Å². The van der Waals surface area contributed by atoms with E-state index in [9.17, 15) is 9.18 Å². The molecule has 6 nitrogen and oxygen atoms in total. The Bertz CT molecular complexity index is 906. The van der Waals surface area contributed by atoms with Gasteiger partial charge in [0.15, 0.2) is 11.5 Å². The Hall–Kier alpha value is -2.80. The number of halogens is 1. The van der Waals surface area contributed by atoms with E-state index in [1.807, 2.05) is 31.2 Å². The number of rotatable bonds is 8. The van der Waals surface area contributed by atoms with Crippen molar-refractivity contribution in [3.05, 3.63) is 58.9 Å². The number of fused-ring (bicyclic) bond motifs is 1. The molecule has 3 N–H and O–H groups in total. The molecule has 0 saturated heterocycles. The standard InChI is InChI=1S/C24H32FN3O3/c1-5-20(27-24(29)26-6-2)23-18-14-22(31-4)21(30-3)13-16(18)11-12-28(23)15-17-9-7-8-10-19(17)25/h7-10,13-14,20,23H,5-6,11-12,15H2,1-4H3,(H2,26,27,29)/p+1/t20-,23-/m1/s1. The lowest BCUT2D eigenvalue weighted by molar-refractivity contribution is -0.948. The van der Waals surface area contributed by atoms with Crippen molar-refractivity contribution in [2.75, 3.05) is 27.3 Å². The van der Waals surface area contributed by atoms with Gasteiger partial charge in [-0.05, 0) is 37.1 Å². The zero-order valence-corrected chi connectivity index (χ0v) is 18.8. The molecule has 0 fully saturated rings. The second-order valence-electron chi connectivity index (χ2n) is 7.83. The van der Waals surface area contributed by atoms with Crippen molar-refractivity contribution >= 4 is 6.03 Å². The van der Waals surface area contributed by atoms with Crippen LogP contribution in [0.4, 0.5) is 9.18 Å². The highest BCUT2D eigenvalue weighted by atomic mass is 19.1. The molecule has 168 valence electrons. The minimum absolute atomic E-state index is 0.0456. The fourth-order valence-corrected chi connectivity index (χ4v) is 4.50. The predicted molar refractivity (Wildman–Crippen MR) is 118 cm³/mol. The van der Waals surface area contributed by atoms with E-state index in [1.165, 1.54) is 16.5 Å². The third kappa shape index (κ3) is 5.10. The highest BCUT2D eigenvalue weighted by molar-refractivity contribution is 5.74.